The Labute approximate surface area is 113 Å². The van der Waals surface area contributed by atoms with E-state index < -0.39 is 0 Å². The molecule has 0 bridgehead atoms. The lowest BCUT2D eigenvalue weighted by molar-refractivity contribution is -0.126. The van der Waals surface area contributed by atoms with E-state index in [0.29, 0.717) is 12.5 Å². The molecule has 1 saturated heterocycles. The van der Waals surface area contributed by atoms with E-state index in [0.717, 1.165) is 30.8 Å². The molecule has 2 heterocycles. The van der Waals surface area contributed by atoms with Crippen LogP contribution in [0, 0.1) is 11.8 Å². The Morgan fingerprint density at radius 2 is 2.21 bits per heavy atom. The van der Waals surface area contributed by atoms with Crippen molar-refractivity contribution >= 4 is 5.91 Å². The van der Waals surface area contributed by atoms with Crippen molar-refractivity contribution in [1.29, 1.82) is 0 Å². The standard InChI is InChI=1S/C15H20N2O2/c1-10-8-16-9-12(10)15(18)17-13-6-7-19-14-5-3-2-4-11(13)14/h2-5,10,12-13,16H,6-9H2,1H3,(H,17,18). The third kappa shape index (κ3) is 2.45. The molecule has 1 amide bonds. The van der Waals surface area contributed by atoms with Crippen LogP contribution in [0.25, 0.3) is 0 Å². The molecule has 19 heavy (non-hydrogen) atoms. The largest absolute Gasteiger partial charge is 0.493 e. The average Bonchev–Trinajstić information content (AvgIpc) is 2.85. The lowest BCUT2D eigenvalue weighted by Gasteiger charge is -2.28. The smallest absolute Gasteiger partial charge is 0.225 e. The molecule has 3 atom stereocenters. The molecule has 1 aromatic rings. The summed E-state index contributed by atoms with van der Waals surface area (Å²) in [6.45, 7) is 4.52. The van der Waals surface area contributed by atoms with Crippen molar-refractivity contribution < 1.29 is 9.53 Å². The Bertz CT molecular complexity index is 475. The molecule has 1 fully saturated rings. The van der Waals surface area contributed by atoms with Crippen molar-refractivity contribution in [2.24, 2.45) is 11.8 Å². The van der Waals surface area contributed by atoms with Gasteiger partial charge in [0.2, 0.25) is 5.91 Å². The van der Waals surface area contributed by atoms with Gasteiger partial charge in [0, 0.05) is 18.5 Å². The first-order chi connectivity index (χ1) is 9.25. The van der Waals surface area contributed by atoms with E-state index in [1.165, 1.54) is 0 Å². The second kappa shape index (κ2) is 5.21. The van der Waals surface area contributed by atoms with Crippen molar-refractivity contribution in [3.8, 4) is 5.75 Å². The van der Waals surface area contributed by atoms with Gasteiger partial charge in [0.25, 0.3) is 0 Å². The van der Waals surface area contributed by atoms with Gasteiger partial charge >= 0.3 is 0 Å². The van der Waals surface area contributed by atoms with E-state index in [-0.39, 0.29) is 17.9 Å². The highest BCUT2D eigenvalue weighted by atomic mass is 16.5. The Kier molecular flexibility index (Phi) is 3.42. The minimum absolute atomic E-state index is 0.0882. The predicted octanol–water partition coefficient (Wildman–Crippen LogP) is 1.48. The molecule has 0 spiro atoms. The molecule has 4 nitrogen and oxygen atoms in total. The van der Waals surface area contributed by atoms with Crippen molar-refractivity contribution in [1.82, 2.24) is 10.6 Å². The Morgan fingerprint density at radius 3 is 3.00 bits per heavy atom. The topological polar surface area (TPSA) is 50.4 Å². The first-order valence-corrected chi connectivity index (χ1v) is 6.98. The van der Waals surface area contributed by atoms with E-state index >= 15 is 0 Å². The van der Waals surface area contributed by atoms with E-state index in [9.17, 15) is 4.79 Å². The number of benzene rings is 1. The van der Waals surface area contributed by atoms with E-state index in [4.69, 9.17) is 4.74 Å². The highest BCUT2D eigenvalue weighted by Crippen LogP contribution is 2.32. The molecule has 0 saturated carbocycles. The highest BCUT2D eigenvalue weighted by molar-refractivity contribution is 5.80. The van der Waals surface area contributed by atoms with Crippen LogP contribution in [0.5, 0.6) is 5.75 Å². The summed E-state index contributed by atoms with van der Waals surface area (Å²) in [5.41, 5.74) is 1.10. The number of carbonyl (C=O) groups is 1. The lowest BCUT2D eigenvalue weighted by atomic mass is 9.95. The molecule has 0 radical (unpaired) electrons. The van der Waals surface area contributed by atoms with Crippen LogP contribution in [-0.4, -0.2) is 25.6 Å². The summed E-state index contributed by atoms with van der Waals surface area (Å²) >= 11 is 0. The summed E-state index contributed by atoms with van der Waals surface area (Å²) in [5, 5.41) is 6.46. The van der Waals surface area contributed by atoms with Crippen LogP contribution in [0.4, 0.5) is 0 Å². The Morgan fingerprint density at radius 1 is 1.37 bits per heavy atom. The fourth-order valence-electron chi connectivity index (χ4n) is 2.93. The zero-order chi connectivity index (χ0) is 13.2. The molecule has 102 valence electrons. The zero-order valence-electron chi connectivity index (χ0n) is 11.2. The number of fused-ring (bicyclic) bond motifs is 1. The predicted molar refractivity (Wildman–Crippen MR) is 73.0 cm³/mol. The molecule has 3 unspecified atom stereocenters. The van der Waals surface area contributed by atoms with E-state index in [1.807, 2.05) is 24.3 Å². The number of para-hydroxylation sites is 1. The van der Waals surface area contributed by atoms with E-state index in [2.05, 4.69) is 17.6 Å². The summed E-state index contributed by atoms with van der Waals surface area (Å²) < 4.78 is 5.62. The fourth-order valence-corrected chi connectivity index (χ4v) is 2.93. The maximum Gasteiger partial charge on any atom is 0.225 e. The summed E-state index contributed by atoms with van der Waals surface area (Å²) in [5.74, 6) is 1.57. The molecule has 2 N–H and O–H groups in total. The zero-order valence-corrected chi connectivity index (χ0v) is 11.2. The van der Waals surface area contributed by atoms with Gasteiger partial charge in [0.15, 0.2) is 0 Å². The molecule has 3 rings (SSSR count). The van der Waals surface area contributed by atoms with Crippen LogP contribution in [0.2, 0.25) is 0 Å². The van der Waals surface area contributed by atoms with Crippen LogP contribution >= 0.6 is 0 Å². The SMILES string of the molecule is CC1CNCC1C(=O)NC1CCOc2ccccc21. The third-order valence-electron chi connectivity index (χ3n) is 4.13. The second-order valence-electron chi connectivity index (χ2n) is 5.48. The quantitative estimate of drug-likeness (QED) is 0.847. The van der Waals surface area contributed by atoms with Crippen molar-refractivity contribution in [2.75, 3.05) is 19.7 Å². The van der Waals surface area contributed by atoms with Gasteiger partial charge in [-0.15, -0.1) is 0 Å². The van der Waals surface area contributed by atoms with Crippen LogP contribution in [0.15, 0.2) is 24.3 Å². The Hall–Kier alpha value is -1.55. The molecule has 1 aromatic carbocycles. The number of ether oxygens (including phenoxy) is 1. The maximum absolute atomic E-state index is 12.3. The summed E-state index contributed by atoms with van der Waals surface area (Å²) in [6.07, 6.45) is 0.845. The third-order valence-corrected chi connectivity index (χ3v) is 4.13. The maximum atomic E-state index is 12.3. The van der Waals surface area contributed by atoms with Crippen LogP contribution in [0.1, 0.15) is 24.9 Å². The van der Waals surface area contributed by atoms with Gasteiger partial charge in [-0.05, 0) is 18.5 Å². The molecule has 2 aliphatic heterocycles. The number of rotatable bonds is 2. The molecule has 2 aliphatic rings. The molecule has 4 heteroatoms. The minimum Gasteiger partial charge on any atom is -0.493 e. The summed E-state index contributed by atoms with van der Waals surface area (Å²) in [4.78, 5) is 12.3. The lowest BCUT2D eigenvalue weighted by Crippen LogP contribution is -2.38. The number of amides is 1. The normalized spacial score (nSPS) is 29.4. The first kappa shape index (κ1) is 12.5. The van der Waals surface area contributed by atoms with Gasteiger partial charge in [-0.2, -0.15) is 0 Å². The van der Waals surface area contributed by atoms with Crippen LogP contribution in [-0.2, 0) is 4.79 Å². The second-order valence-corrected chi connectivity index (χ2v) is 5.48. The van der Waals surface area contributed by atoms with Gasteiger partial charge < -0.3 is 15.4 Å². The molecule has 0 aromatic heterocycles. The number of hydrogen-bond acceptors (Lipinski definition) is 3. The fraction of sp³-hybridized carbons (Fsp3) is 0.533. The minimum atomic E-state index is 0.0882. The van der Waals surface area contributed by atoms with E-state index in [1.54, 1.807) is 0 Å². The molecule has 0 aliphatic carbocycles. The Balaban J connectivity index is 1.72. The van der Waals surface area contributed by atoms with Crippen molar-refractivity contribution in [3.05, 3.63) is 29.8 Å². The van der Waals surface area contributed by atoms with Crippen molar-refractivity contribution in [2.45, 2.75) is 19.4 Å². The summed E-state index contributed by atoms with van der Waals surface area (Å²) in [7, 11) is 0. The van der Waals surface area contributed by atoms with Gasteiger partial charge in [-0.25, -0.2) is 0 Å². The van der Waals surface area contributed by atoms with Gasteiger partial charge in [0.05, 0.1) is 18.6 Å². The highest BCUT2D eigenvalue weighted by Gasteiger charge is 2.32. The number of carbonyl (C=O) groups excluding carboxylic acids is 1. The van der Waals surface area contributed by atoms with Gasteiger partial charge in [-0.1, -0.05) is 25.1 Å². The number of hydrogen-bond donors (Lipinski definition) is 2. The number of nitrogens with one attached hydrogen (secondary N) is 2. The average molecular weight is 260 g/mol. The first-order valence-electron chi connectivity index (χ1n) is 6.98. The van der Waals surface area contributed by atoms with Crippen LogP contribution in [0.3, 0.4) is 0 Å². The van der Waals surface area contributed by atoms with Crippen molar-refractivity contribution in [3.63, 3.8) is 0 Å². The monoisotopic (exact) mass is 260 g/mol. The molecular weight excluding hydrogens is 240 g/mol. The molecular formula is C15H20N2O2. The summed E-state index contributed by atoms with van der Waals surface area (Å²) in [6, 6.07) is 8.05. The van der Waals surface area contributed by atoms with Gasteiger partial charge in [0.1, 0.15) is 5.75 Å². The van der Waals surface area contributed by atoms with Gasteiger partial charge in [-0.3, -0.25) is 4.79 Å². The van der Waals surface area contributed by atoms with Crippen LogP contribution < -0.4 is 15.4 Å².